The number of oxime groups is 1. The summed E-state index contributed by atoms with van der Waals surface area (Å²) in [5, 5.41) is 74.5. The van der Waals surface area contributed by atoms with Gasteiger partial charge >= 0.3 is 5.97 Å². The van der Waals surface area contributed by atoms with Crippen LogP contribution in [-0.4, -0.2) is 186 Å². The van der Waals surface area contributed by atoms with E-state index < -0.39 is 108 Å². The predicted octanol–water partition coefficient (Wildman–Crippen LogP) is 1.18. The number of rotatable bonds is 14. The van der Waals surface area contributed by atoms with E-state index in [2.05, 4.69) is 5.16 Å². The summed E-state index contributed by atoms with van der Waals surface area (Å²) >= 11 is 0. The summed E-state index contributed by atoms with van der Waals surface area (Å²) in [7, 11) is 6.67. The zero-order chi connectivity index (χ0) is 44.6. The zero-order valence-corrected chi connectivity index (χ0v) is 37.5. The normalized spacial score (nSPS) is 45.3. The average Bonchev–Trinajstić information content (AvgIpc) is 3.18. The molecule has 18 atom stereocenters. The van der Waals surface area contributed by atoms with Crippen LogP contribution in [0.15, 0.2) is 5.16 Å². The van der Waals surface area contributed by atoms with Gasteiger partial charge < -0.3 is 78.3 Å². The molecule has 18 nitrogen and oxygen atoms in total. The Bertz CT molecular complexity index is 1320. The Morgan fingerprint density at radius 1 is 0.915 bits per heavy atom. The molecule has 3 aliphatic rings. The van der Waals surface area contributed by atoms with Crippen LogP contribution in [0.3, 0.4) is 0 Å². The van der Waals surface area contributed by atoms with Crippen molar-refractivity contribution in [1.29, 1.82) is 0 Å². The second-order valence-corrected chi connectivity index (χ2v) is 17.7. The summed E-state index contributed by atoms with van der Waals surface area (Å²) < 4.78 is 48.0. The van der Waals surface area contributed by atoms with Crippen LogP contribution in [-0.2, 0) is 47.5 Å². The van der Waals surface area contributed by atoms with Gasteiger partial charge in [0, 0.05) is 44.4 Å². The molecule has 6 N–H and O–H groups in total. The standard InChI is InChI=1S/C41H76N2O16/c1-14-29-41(9,50)34(46)23(3)31(42-54-21-53-16-15-51-12)27(20-44)18-39(7,49)36(59-38-32(45)28(43(10)11)17-22(2)55-38)24(4)33(25(5)37(48)57-29)58-30-19-40(8,52-13)35(47)26(6)56-30/h22-30,32-36,38,44-47,49-50H,14-21H2,1-13H3/b42-31-/t22-,23+,24+,25-,26+,27+,28+,29-,30+,32-,33+,34-,35+,36-,38+,39-,40-,41-/m1/s1. The van der Waals surface area contributed by atoms with Crippen LogP contribution in [0, 0.1) is 23.7 Å². The minimum absolute atomic E-state index is 0.0619. The molecular weight excluding hydrogens is 776 g/mol. The lowest BCUT2D eigenvalue weighted by Gasteiger charge is -2.49. The summed E-state index contributed by atoms with van der Waals surface area (Å²) in [6.45, 7) is 14.3. The van der Waals surface area contributed by atoms with Gasteiger partial charge in [-0.2, -0.15) is 0 Å². The lowest BCUT2D eigenvalue weighted by molar-refractivity contribution is -0.318. The minimum atomic E-state index is -2.05. The van der Waals surface area contributed by atoms with E-state index in [4.69, 9.17) is 42.7 Å². The lowest BCUT2D eigenvalue weighted by atomic mass is 9.73. The van der Waals surface area contributed by atoms with Gasteiger partial charge in [-0.3, -0.25) is 4.79 Å². The monoisotopic (exact) mass is 853 g/mol. The molecule has 0 amide bonds. The Morgan fingerprint density at radius 2 is 1.58 bits per heavy atom. The number of hydrogen-bond donors (Lipinski definition) is 6. The van der Waals surface area contributed by atoms with Gasteiger partial charge in [0.15, 0.2) is 12.6 Å². The maximum Gasteiger partial charge on any atom is 0.311 e. The first-order valence-corrected chi connectivity index (χ1v) is 20.9. The van der Waals surface area contributed by atoms with Gasteiger partial charge in [-0.25, -0.2) is 0 Å². The molecule has 0 aromatic heterocycles. The molecule has 0 spiro atoms. The van der Waals surface area contributed by atoms with Gasteiger partial charge in [0.2, 0.25) is 6.79 Å². The van der Waals surface area contributed by atoms with E-state index in [1.54, 1.807) is 41.5 Å². The Labute approximate surface area is 350 Å². The SMILES string of the molecule is CC[C@H]1OC(=O)[C@H](C)[C@@H](O[C@H]2C[C@@](C)(OC)[C@@H](O)[C@H](C)O2)[C@H](C)[C@@H](O[C@@H]2O[C@H](C)C[C@H](N(C)C)[C@H]2O)[C@](C)(O)C[C@@H](CO)/C(=N\OCOCCOC)[C@H](C)[C@@H](O)[C@]1(C)O. The first-order valence-electron chi connectivity index (χ1n) is 20.9. The van der Waals surface area contributed by atoms with Crippen LogP contribution < -0.4 is 0 Å². The maximum absolute atomic E-state index is 14.3. The van der Waals surface area contributed by atoms with Crippen molar-refractivity contribution in [3.05, 3.63) is 0 Å². The fourth-order valence-electron chi connectivity index (χ4n) is 8.88. The molecule has 0 aliphatic carbocycles. The van der Waals surface area contributed by atoms with Crippen molar-refractivity contribution in [2.75, 3.05) is 54.9 Å². The van der Waals surface area contributed by atoms with Crippen LogP contribution >= 0.6 is 0 Å². The van der Waals surface area contributed by atoms with Crippen molar-refractivity contribution in [1.82, 2.24) is 4.90 Å². The number of aliphatic hydroxyl groups is 6. The van der Waals surface area contributed by atoms with E-state index in [0.29, 0.717) is 13.0 Å². The van der Waals surface area contributed by atoms with Crippen molar-refractivity contribution in [3.63, 3.8) is 0 Å². The molecule has 18 heteroatoms. The molecule has 346 valence electrons. The zero-order valence-electron chi connectivity index (χ0n) is 37.5. The van der Waals surface area contributed by atoms with Crippen molar-refractivity contribution in [2.24, 2.45) is 28.8 Å². The van der Waals surface area contributed by atoms with E-state index in [1.807, 2.05) is 25.9 Å². The average molecular weight is 853 g/mol. The summed E-state index contributed by atoms with van der Waals surface area (Å²) in [6, 6.07) is -0.368. The van der Waals surface area contributed by atoms with E-state index in [9.17, 15) is 35.4 Å². The number of hydrogen-bond acceptors (Lipinski definition) is 18. The molecule has 3 rings (SSSR count). The Morgan fingerprint density at radius 3 is 2.15 bits per heavy atom. The van der Waals surface area contributed by atoms with Gasteiger partial charge in [-0.15, -0.1) is 0 Å². The Balaban J connectivity index is 2.25. The highest BCUT2D eigenvalue weighted by Gasteiger charge is 2.53. The van der Waals surface area contributed by atoms with Crippen LogP contribution in [0.1, 0.15) is 88.0 Å². The second kappa shape index (κ2) is 22.1. The van der Waals surface area contributed by atoms with E-state index >= 15 is 0 Å². The quantitative estimate of drug-likeness (QED) is 0.0623. The van der Waals surface area contributed by atoms with Gasteiger partial charge in [0.1, 0.15) is 23.9 Å². The fraction of sp³-hybridized carbons (Fsp3) is 0.951. The molecule has 3 heterocycles. The predicted molar refractivity (Wildman–Crippen MR) is 214 cm³/mol. The third-order valence-corrected chi connectivity index (χ3v) is 12.7. The Kier molecular flexibility index (Phi) is 19.4. The molecule has 3 saturated heterocycles. The van der Waals surface area contributed by atoms with Gasteiger partial charge in [-0.1, -0.05) is 25.9 Å². The molecular formula is C41H76N2O16. The number of cyclic esters (lactones) is 1. The number of carbonyl (C=O) groups is 1. The van der Waals surface area contributed by atoms with E-state index in [-0.39, 0.29) is 50.5 Å². The van der Waals surface area contributed by atoms with Crippen molar-refractivity contribution in [3.8, 4) is 0 Å². The largest absolute Gasteiger partial charge is 0.459 e. The van der Waals surface area contributed by atoms with Crippen molar-refractivity contribution in [2.45, 2.75) is 172 Å². The van der Waals surface area contributed by atoms with Crippen LogP contribution in [0.4, 0.5) is 0 Å². The first kappa shape index (κ1) is 51.7. The molecule has 0 saturated carbocycles. The number of esters is 1. The molecule has 0 unspecified atom stereocenters. The number of carbonyl (C=O) groups excluding carboxylic acids is 1. The number of methoxy groups -OCH3 is 2. The summed E-state index contributed by atoms with van der Waals surface area (Å²) in [4.78, 5) is 21.7. The number of aliphatic hydroxyl groups excluding tert-OH is 4. The number of likely N-dealkylation sites (N-methyl/N-ethyl adjacent to an activating group) is 1. The third-order valence-electron chi connectivity index (χ3n) is 12.7. The highest BCUT2D eigenvalue weighted by Crippen LogP contribution is 2.41. The molecule has 0 bridgehead atoms. The fourth-order valence-corrected chi connectivity index (χ4v) is 8.88. The molecule has 0 aromatic carbocycles. The summed E-state index contributed by atoms with van der Waals surface area (Å²) in [5.41, 5.74) is -4.98. The molecule has 3 fully saturated rings. The smallest absolute Gasteiger partial charge is 0.311 e. The molecule has 0 aromatic rings. The summed E-state index contributed by atoms with van der Waals surface area (Å²) in [6.07, 6.45) is -10.4. The van der Waals surface area contributed by atoms with Gasteiger partial charge in [-0.05, 0) is 74.9 Å². The maximum atomic E-state index is 14.3. The third kappa shape index (κ3) is 12.5. The van der Waals surface area contributed by atoms with Gasteiger partial charge in [0.05, 0.1) is 73.2 Å². The summed E-state index contributed by atoms with van der Waals surface area (Å²) in [5.74, 6) is -4.86. The topological polar surface area (TPSA) is 237 Å². The molecule has 3 aliphatic heterocycles. The Hall–Kier alpha value is -1.62. The number of ether oxygens (including phenoxy) is 8. The molecule has 59 heavy (non-hydrogen) atoms. The highest BCUT2D eigenvalue weighted by atomic mass is 16.7. The second-order valence-electron chi connectivity index (χ2n) is 17.7. The van der Waals surface area contributed by atoms with Crippen LogP contribution in [0.5, 0.6) is 0 Å². The van der Waals surface area contributed by atoms with Crippen molar-refractivity contribution >= 4 is 11.7 Å². The lowest BCUT2D eigenvalue weighted by Crippen LogP contribution is -2.61. The van der Waals surface area contributed by atoms with Gasteiger partial charge in [0.25, 0.3) is 0 Å². The first-order chi connectivity index (χ1) is 27.5. The minimum Gasteiger partial charge on any atom is -0.459 e. The molecule has 0 radical (unpaired) electrons. The van der Waals surface area contributed by atoms with E-state index in [0.717, 1.165) is 0 Å². The van der Waals surface area contributed by atoms with Crippen LogP contribution in [0.2, 0.25) is 0 Å². The van der Waals surface area contributed by atoms with Crippen LogP contribution in [0.25, 0.3) is 0 Å². The number of nitrogens with zero attached hydrogens (tertiary/aromatic N) is 2. The highest BCUT2D eigenvalue weighted by molar-refractivity contribution is 5.89. The van der Waals surface area contributed by atoms with E-state index in [1.165, 1.54) is 28.1 Å². The van der Waals surface area contributed by atoms with Crippen molar-refractivity contribution < 1.29 is 78.2 Å².